The Morgan fingerprint density at radius 3 is 3.27 bits per heavy atom. The molecule has 1 aliphatic carbocycles. The monoisotopic (exact) mass is 207 g/mol. The molecule has 4 heteroatoms. The maximum absolute atomic E-state index is 11.7. The molecule has 0 saturated heterocycles. The Morgan fingerprint density at radius 2 is 2.47 bits per heavy atom. The summed E-state index contributed by atoms with van der Waals surface area (Å²) in [7, 11) is 0. The van der Waals surface area contributed by atoms with E-state index in [4.69, 9.17) is 0 Å². The van der Waals surface area contributed by atoms with Crippen molar-refractivity contribution in [2.45, 2.75) is 19.8 Å². The van der Waals surface area contributed by atoms with Gasteiger partial charge in [0.2, 0.25) is 5.91 Å². The van der Waals surface area contributed by atoms with E-state index in [0.717, 1.165) is 37.4 Å². The molecule has 0 fully saturated rings. The van der Waals surface area contributed by atoms with Crippen LogP contribution in [0.25, 0.3) is 0 Å². The number of rotatable bonds is 3. The molecular formula is C11H17N3O. The first-order valence-corrected chi connectivity index (χ1v) is 5.48. The predicted molar refractivity (Wildman–Crippen MR) is 58.7 cm³/mol. The van der Waals surface area contributed by atoms with E-state index in [-0.39, 0.29) is 11.8 Å². The Kier molecular flexibility index (Phi) is 2.94. The van der Waals surface area contributed by atoms with Gasteiger partial charge in [0.15, 0.2) is 0 Å². The van der Waals surface area contributed by atoms with Gasteiger partial charge in [-0.05, 0) is 12.5 Å². The maximum Gasteiger partial charge on any atom is 0.227 e. The van der Waals surface area contributed by atoms with Gasteiger partial charge in [0, 0.05) is 18.7 Å². The number of hydrogen-bond acceptors (Lipinski definition) is 3. The lowest BCUT2D eigenvalue weighted by Crippen LogP contribution is -2.32. The average molecular weight is 207 g/mol. The van der Waals surface area contributed by atoms with E-state index in [1.165, 1.54) is 0 Å². The number of allylic oxidation sites excluding steroid dienone is 2. The number of nitrogens with one attached hydrogen (secondary N) is 3. The number of amides is 1. The van der Waals surface area contributed by atoms with Crippen LogP contribution in [-0.4, -0.2) is 19.1 Å². The Hall–Kier alpha value is -1.45. The molecule has 4 nitrogen and oxygen atoms in total. The summed E-state index contributed by atoms with van der Waals surface area (Å²) >= 11 is 0. The molecule has 0 spiro atoms. The zero-order chi connectivity index (χ0) is 10.7. The zero-order valence-corrected chi connectivity index (χ0v) is 8.97. The van der Waals surface area contributed by atoms with Crippen LogP contribution in [0.5, 0.6) is 0 Å². The van der Waals surface area contributed by atoms with E-state index in [9.17, 15) is 4.79 Å². The molecule has 82 valence electrons. The Labute approximate surface area is 89.8 Å². The van der Waals surface area contributed by atoms with Crippen molar-refractivity contribution in [1.82, 2.24) is 16.0 Å². The van der Waals surface area contributed by atoms with Gasteiger partial charge in [-0.3, -0.25) is 4.79 Å². The van der Waals surface area contributed by atoms with Gasteiger partial charge in [-0.25, -0.2) is 0 Å². The van der Waals surface area contributed by atoms with Crippen LogP contribution in [0.3, 0.4) is 0 Å². The second kappa shape index (κ2) is 4.38. The van der Waals surface area contributed by atoms with Crippen LogP contribution >= 0.6 is 0 Å². The highest BCUT2D eigenvalue weighted by Gasteiger charge is 2.24. The zero-order valence-electron chi connectivity index (χ0n) is 8.97. The summed E-state index contributed by atoms with van der Waals surface area (Å²) in [5, 5.41) is 9.37. The average Bonchev–Trinajstić information content (AvgIpc) is 2.72. The van der Waals surface area contributed by atoms with Gasteiger partial charge in [-0.2, -0.15) is 0 Å². The van der Waals surface area contributed by atoms with Crippen LogP contribution < -0.4 is 16.0 Å². The summed E-state index contributed by atoms with van der Waals surface area (Å²) in [5.41, 5.74) is 2.30. The van der Waals surface area contributed by atoms with Crippen molar-refractivity contribution in [3.63, 3.8) is 0 Å². The molecule has 0 aromatic heterocycles. The fourth-order valence-electron chi connectivity index (χ4n) is 1.85. The van der Waals surface area contributed by atoms with Crippen LogP contribution in [0.15, 0.2) is 23.5 Å². The van der Waals surface area contributed by atoms with Crippen molar-refractivity contribution >= 4 is 5.91 Å². The van der Waals surface area contributed by atoms with Gasteiger partial charge < -0.3 is 16.0 Å². The lowest BCUT2D eigenvalue weighted by molar-refractivity contribution is -0.123. The summed E-state index contributed by atoms with van der Waals surface area (Å²) in [6.07, 6.45) is 5.74. The molecule has 1 atom stereocenters. The third-order valence-corrected chi connectivity index (χ3v) is 2.71. The fraction of sp³-hybridized carbons (Fsp3) is 0.545. The van der Waals surface area contributed by atoms with E-state index in [2.05, 4.69) is 22.9 Å². The van der Waals surface area contributed by atoms with Crippen molar-refractivity contribution in [2.24, 2.45) is 5.92 Å². The van der Waals surface area contributed by atoms with E-state index >= 15 is 0 Å². The molecule has 1 heterocycles. The van der Waals surface area contributed by atoms with Crippen molar-refractivity contribution in [3.8, 4) is 0 Å². The summed E-state index contributed by atoms with van der Waals surface area (Å²) in [4.78, 5) is 11.7. The highest BCUT2D eigenvalue weighted by Crippen LogP contribution is 2.22. The van der Waals surface area contributed by atoms with Crippen LogP contribution in [0.4, 0.5) is 0 Å². The first-order valence-electron chi connectivity index (χ1n) is 5.48. The van der Waals surface area contributed by atoms with Gasteiger partial charge in [0.05, 0.1) is 18.3 Å². The molecule has 3 N–H and O–H groups in total. The van der Waals surface area contributed by atoms with Gasteiger partial charge >= 0.3 is 0 Å². The molecule has 0 saturated carbocycles. The van der Waals surface area contributed by atoms with Gasteiger partial charge in [-0.15, -0.1) is 0 Å². The van der Waals surface area contributed by atoms with Crippen LogP contribution in [0.2, 0.25) is 0 Å². The number of hydrogen-bond donors (Lipinski definition) is 3. The lowest BCUT2D eigenvalue weighted by Gasteiger charge is -2.17. The third-order valence-electron chi connectivity index (χ3n) is 2.71. The second-order valence-electron chi connectivity index (χ2n) is 3.88. The van der Waals surface area contributed by atoms with Crippen molar-refractivity contribution < 1.29 is 4.79 Å². The summed E-state index contributed by atoms with van der Waals surface area (Å²) in [6, 6.07) is 0. The molecule has 2 rings (SSSR count). The van der Waals surface area contributed by atoms with Crippen LogP contribution in [0.1, 0.15) is 19.8 Å². The standard InChI is InChI=1S/C11H17N3O/c1-2-5-12-11(15)8-3-4-9-10(6-8)14-7-13-9/h3-4,8,13-14H,2,5-7H2,1H3,(H,12,15). The van der Waals surface area contributed by atoms with Crippen molar-refractivity contribution in [2.75, 3.05) is 13.2 Å². The van der Waals surface area contributed by atoms with Crippen molar-refractivity contribution in [3.05, 3.63) is 23.5 Å². The highest BCUT2D eigenvalue weighted by molar-refractivity contribution is 5.81. The van der Waals surface area contributed by atoms with Gasteiger partial charge in [0.1, 0.15) is 0 Å². The first-order chi connectivity index (χ1) is 7.31. The van der Waals surface area contributed by atoms with Gasteiger partial charge in [0.25, 0.3) is 0 Å². The minimum absolute atomic E-state index is 0.0114. The minimum Gasteiger partial charge on any atom is -0.370 e. The van der Waals surface area contributed by atoms with Crippen LogP contribution in [-0.2, 0) is 4.79 Å². The minimum atomic E-state index is -0.0114. The highest BCUT2D eigenvalue weighted by atomic mass is 16.1. The molecule has 2 aliphatic rings. The molecule has 15 heavy (non-hydrogen) atoms. The number of carbonyl (C=O) groups excluding carboxylic acids is 1. The molecular weight excluding hydrogens is 190 g/mol. The van der Waals surface area contributed by atoms with Crippen molar-refractivity contribution in [1.29, 1.82) is 0 Å². The quantitative estimate of drug-likeness (QED) is 0.630. The summed E-state index contributed by atoms with van der Waals surface area (Å²) in [5.74, 6) is 0.121. The Bertz CT molecular complexity index is 320. The van der Waals surface area contributed by atoms with E-state index < -0.39 is 0 Å². The Balaban J connectivity index is 1.92. The van der Waals surface area contributed by atoms with Gasteiger partial charge in [-0.1, -0.05) is 13.0 Å². The third kappa shape index (κ3) is 2.14. The molecule has 0 radical (unpaired) electrons. The molecule has 1 unspecified atom stereocenters. The van der Waals surface area contributed by atoms with E-state index in [1.54, 1.807) is 0 Å². The largest absolute Gasteiger partial charge is 0.370 e. The topological polar surface area (TPSA) is 53.2 Å². The normalized spacial score (nSPS) is 23.1. The first kappa shape index (κ1) is 10.1. The SMILES string of the molecule is CCCNC(=O)C1C=CC2=C(C1)NCN2. The maximum atomic E-state index is 11.7. The van der Waals surface area contributed by atoms with E-state index in [0.29, 0.717) is 0 Å². The van der Waals surface area contributed by atoms with E-state index in [1.807, 2.05) is 12.2 Å². The molecule has 0 bridgehead atoms. The fourth-order valence-corrected chi connectivity index (χ4v) is 1.85. The molecule has 0 aromatic rings. The molecule has 0 aromatic carbocycles. The predicted octanol–water partition coefficient (Wildman–Crippen LogP) is 0.451. The lowest BCUT2D eigenvalue weighted by atomic mass is 9.96. The van der Waals surface area contributed by atoms with Crippen LogP contribution in [0, 0.1) is 5.92 Å². The summed E-state index contributed by atoms with van der Waals surface area (Å²) < 4.78 is 0. The Morgan fingerprint density at radius 1 is 1.60 bits per heavy atom. The molecule has 1 amide bonds. The molecule has 1 aliphatic heterocycles. The second-order valence-corrected chi connectivity index (χ2v) is 3.88. The summed E-state index contributed by atoms with van der Waals surface area (Å²) in [6.45, 7) is 3.60. The number of carbonyl (C=O) groups is 1. The smallest absolute Gasteiger partial charge is 0.227 e.